The summed E-state index contributed by atoms with van der Waals surface area (Å²) < 4.78 is 5.21. The highest BCUT2D eigenvalue weighted by Gasteiger charge is 2.13. The summed E-state index contributed by atoms with van der Waals surface area (Å²) in [6, 6.07) is 14.7. The summed E-state index contributed by atoms with van der Waals surface area (Å²) in [4.78, 5) is 30.2. The molecular formula is C21H17N3O3S2. The number of carbonyl (C=O) groups excluding carboxylic acids is 2. The van der Waals surface area contributed by atoms with E-state index in [1.165, 1.54) is 11.3 Å². The second-order valence-corrected chi connectivity index (χ2v) is 7.97. The van der Waals surface area contributed by atoms with Crippen LogP contribution in [0.5, 0.6) is 0 Å². The van der Waals surface area contributed by atoms with E-state index in [1.54, 1.807) is 53.3 Å². The maximum absolute atomic E-state index is 12.4. The van der Waals surface area contributed by atoms with E-state index in [-0.39, 0.29) is 11.8 Å². The van der Waals surface area contributed by atoms with Crippen LogP contribution in [-0.2, 0) is 13.1 Å². The third kappa shape index (κ3) is 4.79. The molecule has 6 nitrogen and oxygen atoms in total. The summed E-state index contributed by atoms with van der Waals surface area (Å²) in [5, 5.41) is 10.2. The van der Waals surface area contributed by atoms with E-state index in [2.05, 4.69) is 15.6 Å². The number of thiophene rings is 1. The Labute approximate surface area is 175 Å². The second-order valence-electron chi connectivity index (χ2n) is 6.16. The van der Waals surface area contributed by atoms with E-state index in [1.807, 2.05) is 23.6 Å². The van der Waals surface area contributed by atoms with Crippen molar-refractivity contribution in [3.63, 3.8) is 0 Å². The molecule has 1 aromatic carbocycles. The van der Waals surface area contributed by atoms with Crippen molar-refractivity contribution in [2.45, 2.75) is 13.1 Å². The number of hydrogen-bond donors (Lipinski definition) is 2. The molecule has 3 aromatic heterocycles. The molecule has 0 fully saturated rings. The van der Waals surface area contributed by atoms with Crippen LogP contribution in [0.4, 0.5) is 0 Å². The zero-order chi connectivity index (χ0) is 20.1. The molecule has 0 saturated carbocycles. The van der Waals surface area contributed by atoms with E-state index in [0.29, 0.717) is 30.1 Å². The Morgan fingerprint density at radius 3 is 2.66 bits per heavy atom. The highest BCUT2D eigenvalue weighted by atomic mass is 32.1. The molecule has 0 radical (unpaired) electrons. The van der Waals surface area contributed by atoms with Gasteiger partial charge in [-0.15, -0.1) is 22.7 Å². The standard InChI is InChI=1S/C21H17N3O3S2/c25-19(23-12-16-6-2-8-27-16)15-5-1-4-14(10-15)11-22-20(26)17-13-29-21(24-17)18-7-3-9-28-18/h1-10,13H,11-12H2,(H,22,26)(H,23,25). The fourth-order valence-electron chi connectivity index (χ4n) is 2.67. The van der Waals surface area contributed by atoms with Crippen LogP contribution in [0.15, 0.2) is 70.0 Å². The van der Waals surface area contributed by atoms with Gasteiger partial charge < -0.3 is 15.1 Å². The van der Waals surface area contributed by atoms with Crippen LogP contribution in [0.2, 0.25) is 0 Å². The minimum absolute atomic E-state index is 0.199. The van der Waals surface area contributed by atoms with Gasteiger partial charge in [0.25, 0.3) is 11.8 Å². The van der Waals surface area contributed by atoms with Gasteiger partial charge in [-0.25, -0.2) is 4.98 Å². The highest BCUT2D eigenvalue weighted by Crippen LogP contribution is 2.27. The fraction of sp³-hybridized carbons (Fsp3) is 0.0952. The first-order valence-corrected chi connectivity index (χ1v) is 10.6. The molecule has 0 aliphatic heterocycles. The topological polar surface area (TPSA) is 84.2 Å². The van der Waals surface area contributed by atoms with Gasteiger partial charge in [0.2, 0.25) is 0 Å². The van der Waals surface area contributed by atoms with Crippen molar-refractivity contribution >= 4 is 34.5 Å². The Morgan fingerprint density at radius 2 is 1.86 bits per heavy atom. The monoisotopic (exact) mass is 423 g/mol. The van der Waals surface area contributed by atoms with Crippen molar-refractivity contribution in [3.05, 3.63) is 88.1 Å². The van der Waals surface area contributed by atoms with E-state index in [9.17, 15) is 9.59 Å². The van der Waals surface area contributed by atoms with E-state index in [0.717, 1.165) is 15.4 Å². The summed E-state index contributed by atoms with van der Waals surface area (Å²) in [5.74, 6) is 0.248. The van der Waals surface area contributed by atoms with Crippen LogP contribution in [-0.4, -0.2) is 16.8 Å². The van der Waals surface area contributed by atoms with E-state index >= 15 is 0 Å². The van der Waals surface area contributed by atoms with Gasteiger partial charge in [0.15, 0.2) is 0 Å². The van der Waals surface area contributed by atoms with Crippen LogP contribution in [0.3, 0.4) is 0 Å². The lowest BCUT2D eigenvalue weighted by atomic mass is 10.1. The number of amides is 2. The lowest BCUT2D eigenvalue weighted by Crippen LogP contribution is -2.24. The lowest BCUT2D eigenvalue weighted by molar-refractivity contribution is 0.0941. The zero-order valence-corrected chi connectivity index (χ0v) is 16.9. The number of hydrogen-bond acceptors (Lipinski definition) is 6. The quantitative estimate of drug-likeness (QED) is 0.464. The molecule has 4 aromatic rings. The summed E-state index contributed by atoms with van der Waals surface area (Å²) >= 11 is 3.04. The molecular weight excluding hydrogens is 406 g/mol. The van der Waals surface area contributed by atoms with Crippen LogP contribution >= 0.6 is 22.7 Å². The molecule has 4 rings (SSSR count). The maximum atomic E-state index is 12.4. The molecule has 0 spiro atoms. The summed E-state index contributed by atoms with van der Waals surface area (Å²) in [6.45, 7) is 0.632. The number of benzene rings is 1. The lowest BCUT2D eigenvalue weighted by Gasteiger charge is -2.07. The normalized spacial score (nSPS) is 10.6. The Kier molecular flexibility index (Phi) is 5.83. The molecule has 2 N–H and O–H groups in total. The fourth-order valence-corrected chi connectivity index (χ4v) is 4.28. The third-order valence-electron chi connectivity index (χ3n) is 4.11. The molecule has 146 valence electrons. The molecule has 0 aliphatic carbocycles. The Hall–Kier alpha value is -3.23. The number of rotatable bonds is 7. The van der Waals surface area contributed by atoms with Gasteiger partial charge >= 0.3 is 0 Å². The van der Waals surface area contributed by atoms with Gasteiger partial charge in [0.05, 0.1) is 17.7 Å². The van der Waals surface area contributed by atoms with Crippen LogP contribution in [0.25, 0.3) is 9.88 Å². The van der Waals surface area contributed by atoms with E-state index in [4.69, 9.17) is 4.42 Å². The average Bonchev–Trinajstić information content (AvgIpc) is 3.51. The SMILES string of the molecule is O=C(NCc1ccco1)c1cccc(CNC(=O)c2csc(-c3cccs3)n2)c1. The largest absolute Gasteiger partial charge is 0.467 e. The summed E-state index contributed by atoms with van der Waals surface area (Å²) in [6.07, 6.45) is 1.57. The highest BCUT2D eigenvalue weighted by molar-refractivity contribution is 7.20. The molecule has 0 aliphatic rings. The molecule has 2 amide bonds. The predicted octanol–water partition coefficient (Wildman–Crippen LogP) is 4.32. The van der Waals surface area contributed by atoms with Crippen molar-refractivity contribution in [2.24, 2.45) is 0 Å². The predicted molar refractivity (Wildman–Crippen MR) is 113 cm³/mol. The molecule has 0 atom stereocenters. The Morgan fingerprint density at radius 1 is 0.966 bits per heavy atom. The number of aromatic nitrogens is 1. The van der Waals surface area contributed by atoms with Crippen molar-refractivity contribution in [2.75, 3.05) is 0 Å². The number of thiazole rings is 1. The number of nitrogens with zero attached hydrogens (tertiary/aromatic N) is 1. The van der Waals surface area contributed by atoms with Gasteiger partial charge in [-0.3, -0.25) is 9.59 Å². The molecule has 0 bridgehead atoms. The zero-order valence-electron chi connectivity index (χ0n) is 15.3. The number of nitrogens with one attached hydrogen (secondary N) is 2. The van der Waals surface area contributed by atoms with Gasteiger partial charge in [-0.1, -0.05) is 18.2 Å². The molecule has 0 saturated heterocycles. The Bertz CT molecular complexity index is 1100. The van der Waals surface area contributed by atoms with Gasteiger partial charge in [0.1, 0.15) is 16.5 Å². The minimum atomic E-state index is -0.239. The minimum Gasteiger partial charge on any atom is -0.467 e. The number of furan rings is 1. The molecule has 0 unspecified atom stereocenters. The number of carbonyl (C=O) groups is 2. The Balaban J connectivity index is 1.34. The average molecular weight is 424 g/mol. The van der Waals surface area contributed by atoms with Crippen molar-refractivity contribution in [1.82, 2.24) is 15.6 Å². The first-order valence-electron chi connectivity index (χ1n) is 8.86. The molecule has 8 heteroatoms. The summed E-state index contributed by atoms with van der Waals surface area (Å²) in [5.41, 5.74) is 1.75. The van der Waals surface area contributed by atoms with Crippen LogP contribution in [0.1, 0.15) is 32.2 Å². The van der Waals surface area contributed by atoms with Gasteiger partial charge in [-0.05, 0) is 41.3 Å². The maximum Gasteiger partial charge on any atom is 0.271 e. The van der Waals surface area contributed by atoms with Gasteiger partial charge in [-0.2, -0.15) is 0 Å². The second kappa shape index (κ2) is 8.85. The van der Waals surface area contributed by atoms with E-state index < -0.39 is 0 Å². The first-order chi connectivity index (χ1) is 14.2. The van der Waals surface area contributed by atoms with Crippen LogP contribution < -0.4 is 10.6 Å². The smallest absolute Gasteiger partial charge is 0.271 e. The first kappa shape index (κ1) is 19.1. The molecule has 3 heterocycles. The van der Waals surface area contributed by atoms with Crippen molar-refractivity contribution in [1.29, 1.82) is 0 Å². The van der Waals surface area contributed by atoms with Crippen molar-refractivity contribution in [3.8, 4) is 9.88 Å². The van der Waals surface area contributed by atoms with Crippen LogP contribution in [0, 0.1) is 0 Å². The van der Waals surface area contributed by atoms with Crippen molar-refractivity contribution < 1.29 is 14.0 Å². The summed E-state index contributed by atoms with van der Waals surface area (Å²) in [7, 11) is 0. The van der Waals surface area contributed by atoms with Gasteiger partial charge in [0, 0.05) is 17.5 Å². The molecule has 29 heavy (non-hydrogen) atoms. The third-order valence-corrected chi connectivity index (χ3v) is 6.00.